The minimum Gasteiger partial charge on any atom is -0.508 e. The second-order valence-electron chi connectivity index (χ2n) is 2.94. The highest BCUT2D eigenvalue weighted by atomic mass is 79.9. The summed E-state index contributed by atoms with van der Waals surface area (Å²) in [6, 6.07) is 5.25. The molecule has 0 fully saturated rings. The van der Waals surface area contributed by atoms with E-state index in [1.165, 1.54) is 0 Å². The van der Waals surface area contributed by atoms with E-state index in [1.54, 1.807) is 19.2 Å². The van der Waals surface area contributed by atoms with Crippen molar-refractivity contribution in [2.75, 3.05) is 20.3 Å². The summed E-state index contributed by atoms with van der Waals surface area (Å²) in [5.74, 6) is 0.251. The van der Waals surface area contributed by atoms with Crippen LogP contribution in [0.1, 0.15) is 5.56 Å². The Hall–Kier alpha value is -0.620. The molecule has 0 aliphatic heterocycles. The number of ether oxygens (including phenoxy) is 1. The Labute approximate surface area is 97.3 Å². The number of phenols is 1. The molecular formula is C10H14BrNO3. The molecule has 5 heteroatoms. The summed E-state index contributed by atoms with van der Waals surface area (Å²) in [7, 11) is 1.61. The highest BCUT2D eigenvalue weighted by Crippen LogP contribution is 2.21. The first-order valence-electron chi connectivity index (χ1n) is 4.55. The van der Waals surface area contributed by atoms with Gasteiger partial charge in [-0.2, -0.15) is 5.48 Å². The highest BCUT2D eigenvalue weighted by molar-refractivity contribution is 9.10. The van der Waals surface area contributed by atoms with E-state index < -0.39 is 0 Å². The molecule has 0 atom stereocenters. The van der Waals surface area contributed by atoms with Crippen LogP contribution < -0.4 is 5.48 Å². The SMILES string of the molecule is COCCONCc1cc(Br)ccc1O. The molecule has 0 saturated carbocycles. The van der Waals surface area contributed by atoms with Gasteiger partial charge >= 0.3 is 0 Å². The predicted octanol–water partition coefficient (Wildman–Crippen LogP) is 1.82. The van der Waals surface area contributed by atoms with Crippen LogP contribution >= 0.6 is 15.9 Å². The van der Waals surface area contributed by atoms with Gasteiger partial charge in [0.05, 0.1) is 13.2 Å². The van der Waals surface area contributed by atoms with E-state index in [4.69, 9.17) is 9.57 Å². The summed E-state index contributed by atoms with van der Waals surface area (Å²) in [5.41, 5.74) is 3.52. The van der Waals surface area contributed by atoms with Crippen LogP contribution in [-0.2, 0) is 16.1 Å². The third-order valence-electron chi connectivity index (χ3n) is 1.80. The normalized spacial score (nSPS) is 10.5. The standard InChI is InChI=1S/C10H14BrNO3/c1-14-4-5-15-12-7-8-6-9(11)2-3-10(8)13/h2-3,6,12-13H,4-5,7H2,1H3. The fraction of sp³-hybridized carbons (Fsp3) is 0.400. The first kappa shape index (κ1) is 12.4. The molecule has 0 amide bonds. The van der Waals surface area contributed by atoms with Crippen LogP contribution in [0.3, 0.4) is 0 Å². The lowest BCUT2D eigenvalue weighted by Gasteiger charge is -2.07. The average Bonchev–Trinajstić information content (AvgIpc) is 2.23. The lowest BCUT2D eigenvalue weighted by Crippen LogP contribution is -2.17. The monoisotopic (exact) mass is 275 g/mol. The second-order valence-corrected chi connectivity index (χ2v) is 3.85. The fourth-order valence-electron chi connectivity index (χ4n) is 1.02. The molecule has 1 aromatic carbocycles. The zero-order chi connectivity index (χ0) is 11.1. The third kappa shape index (κ3) is 4.61. The second kappa shape index (κ2) is 6.79. The zero-order valence-electron chi connectivity index (χ0n) is 8.50. The topological polar surface area (TPSA) is 50.7 Å². The number of benzene rings is 1. The Morgan fingerprint density at radius 3 is 2.93 bits per heavy atom. The molecule has 1 aromatic rings. The smallest absolute Gasteiger partial charge is 0.120 e. The van der Waals surface area contributed by atoms with E-state index >= 15 is 0 Å². The molecule has 0 aromatic heterocycles. The van der Waals surface area contributed by atoms with Gasteiger partial charge in [-0.05, 0) is 18.2 Å². The van der Waals surface area contributed by atoms with Crippen LogP contribution in [0.15, 0.2) is 22.7 Å². The maximum Gasteiger partial charge on any atom is 0.120 e. The molecule has 0 unspecified atom stereocenters. The molecular weight excluding hydrogens is 262 g/mol. The number of phenolic OH excluding ortho intramolecular Hbond substituents is 1. The molecule has 0 saturated heterocycles. The maximum absolute atomic E-state index is 9.50. The summed E-state index contributed by atoms with van der Waals surface area (Å²) in [5, 5.41) is 9.50. The number of hydrogen-bond donors (Lipinski definition) is 2. The van der Waals surface area contributed by atoms with Crippen LogP contribution in [0.5, 0.6) is 5.75 Å². The van der Waals surface area contributed by atoms with Crippen molar-refractivity contribution in [1.29, 1.82) is 0 Å². The lowest BCUT2D eigenvalue weighted by atomic mass is 10.2. The van der Waals surface area contributed by atoms with Crippen molar-refractivity contribution in [3.05, 3.63) is 28.2 Å². The molecule has 0 bridgehead atoms. The summed E-state index contributed by atoms with van der Waals surface area (Å²) in [6.07, 6.45) is 0. The van der Waals surface area contributed by atoms with Gasteiger partial charge in [0.25, 0.3) is 0 Å². The molecule has 0 aliphatic carbocycles. The molecule has 0 radical (unpaired) electrons. The first-order chi connectivity index (χ1) is 7.24. The summed E-state index contributed by atoms with van der Waals surface area (Å²) in [4.78, 5) is 5.07. The number of nitrogens with one attached hydrogen (secondary N) is 1. The Kier molecular flexibility index (Phi) is 5.63. The minimum atomic E-state index is 0.251. The van der Waals surface area contributed by atoms with Crippen LogP contribution in [-0.4, -0.2) is 25.4 Å². The van der Waals surface area contributed by atoms with Crippen molar-refractivity contribution < 1.29 is 14.7 Å². The fourth-order valence-corrected chi connectivity index (χ4v) is 1.43. The van der Waals surface area contributed by atoms with Crippen LogP contribution in [0.4, 0.5) is 0 Å². The van der Waals surface area contributed by atoms with E-state index in [9.17, 15) is 5.11 Å². The predicted molar refractivity (Wildman–Crippen MR) is 60.5 cm³/mol. The molecule has 0 aliphatic rings. The van der Waals surface area contributed by atoms with Gasteiger partial charge < -0.3 is 9.84 Å². The van der Waals surface area contributed by atoms with E-state index in [0.29, 0.717) is 19.8 Å². The zero-order valence-corrected chi connectivity index (χ0v) is 10.1. The Morgan fingerprint density at radius 2 is 2.20 bits per heavy atom. The van der Waals surface area contributed by atoms with E-state index in [-0.39, 0.29) is 5.75 Å². The minimum absolute atomic E-state index is 0.251. The molecule has 1 rings (SSSR count). The highest BCUT2D eigenvalue weighted by Gasteiger charge is 2.01. The van der Waals surface area contributed by atoms with Gasteiger partial charge in [0, 0.05) is 23.7 Å². The number of hydroxylamine groups is 1. The first-order valence-corrected chi connectivity index (χ1v) is 5.34. The van der Waals surface area contributed by atoms with E-state index in [0.717, 1.165) is 10.0 Å². The van der Waals surface area contributed by atoms with Gasteiger partial charge in [0.15, 0.2) is 0 Å². The molecule has 4 nitrogen and oxygen atoms in total. The Morgan fingerprint density at radius 1 is 1.40 bits per heavy atom. The van der Waals surface area contributed by atoms with E-state index in [2.05, 4.69) is 21.4 Å². The Bertz CT molecular complexity index is 307. The number of hydrogen-bond acceptors (Lipinski definition) is 4. The average molecular weight is 276 g/mol. The largest absolute Gasteiger partial charge is 0.508 e. The van der Waals surface area contributed by atoms with Crippen molar-refractivity contribution in [2.45, 2.75) is 6.54 Å². The lowest BCUT2D eigenvalue weighted by molar-refractivity contribution is 0.00321. The summed E-state index contributed by atoms with van der Waals surface area (Å²) < 4.78 is 5.74. The van der Waals surface area contributed by atoms with Gasteiger partial charge in [0.2, 0.25) is 0 Å². The van der Waals surface area contributed by atoms with Gasteiger partial charge in [-0.1, -0.05) is 15.9 Å². The van der Waals surface area contributed by atoms with Gasteiger partial charge in [0.1, 0.15) is 5.75 Å². The van der Waals surface area contributed by atoms with Crippen LogP contribution in [0.2, 0.25) is 0 Å². The maximum atomic E-state index is 9.50. The van der Waals surface area contributed by atoms with Gasteiger partial charge in [-0.25, -0.2) is 0 Å². The molecule has 0 spiro atoms. The van der Waals surface area contributed by atoms with Gasteiger partial charge in [-0.15, -0.1) is 0 Å². The number of aromatic hydroxyl groups is 1. The summed E-state index contributed by atoms with van der Waals surface area (Å²) >= 11 is 3.33. The molecule has 15 heavy (non-hydrogen) atoms. The van der Waals surface area contributed by atoms with Crippen LogP contribution in [0.25, 0.3) is 0 Å². The third-order valence-corrected chi connectivity index (χ3v) is 2.29. The van der Waals surface area contributed by atoms with Crippen molar-refractivity contribution in [3.63, 3.8) is 0 Å². The summed E-state index contributed by atoms with van der Waals surface area (Å²) in [6.45, 7) is 1.47. The molecule has 0 heterocycles. The van der Waals surface area contributed by atoms with Gasteiger partial charge in [-0.3, -0.25) is 4.84 Å². The molecule has 84 valence electrons. The van der Waals surface area contributed by atoms with Crippen molar-refractivity contribution in [3.8, 4) is 5.75 Å². The number of halogens is 1. The number of methoxy groups -OCH3 is 1. The number of rotatable bonds is 6. The van der Waals surface area contributed by atoms with Crippen molar-refractivity contribution in [1.82, 2.24) is 5.48 Å². The Balaban J connectivity index is 2.33. The van der Waals surface area contributed by atoms with Crippen molar-refractivity contribution >= 4 is 15.9 Å². The quantitative estimate of drug-likeness (QED) is 0.614. The van der Waals surface area contributed by atoms with E-state index in [1.807, 2.05) is 6.07 Å². The van der Waals surface area contributed by atoms with Crippen molar-refractivity contribution in [2.24, 2.45) is 0 Å². The molecule has 2 N–H and O–H groups in total. The van der Waals surface area contributed by atoms with Crippen LogP contribution in [0, 0.1) is 0 Å².